The number of aromatic nitrogens is 1. The Morgan fingerprint density at radius 3 is 2.76 bits per heavy atom. The SMILES string of the molecule is Cc1nc(-c2ccc(N=CNC#N)cc2)cs1. The molecule has 5 heteroatoms. The van der Waals surface area contributed by atoms with Crippen LogP contribution in [0, 0.1) is 18.4 Å². The summed E-state index contributed by atoms with van der Waals surface area (Å²) in [6.45, 7) is 1.99. The standard InChI is InChI=1S/C12H10N4S/c1-9-16-12(6-17-9)10-2-4-11(5-3-10)15-8-14-7-13/h2-6,8H,1H3,(H,14,15). The number of benzene rings is 1. The molecular weight excluding hydrogens is 232 g/mol. The van der Waals surface area contributed by atoms with Crippen LogP contribution in [0.25, 0.3) is 11.3 Å². The number of aliphatic imine (C=N–C) groups is 1. The molecule has 2 rings (SSSR count). The van der Waals surface area contributed by atoms with Gasteiger partial charge < -0.3 is 0 Å². The molecule has 0 unspecified atom stereocenters. The Balaban J connectivity index is 2.16. The zero-order chi connectivity index (χ0) is 12.1. The zero-order valence-electron chi connectivity index (χ0n) is 9.21. The Morgan fingerprint density at radius 2 is 2.18 bits per heavy atom. The molecule has 1 aromatic carbocycles. The minimum Gasteiger partial charge on any atom is -0.283 e. The quantitative estimate of drug-likeness (QED) is 0.389. The van der Waals surface area contributed by atoms with E-state index in [-0.39, 0.29) is 0 Å². The Morgan fingerprint density at radius 1 is 1.41 bits per heavy atom. The predicted molar refractivity (Wildman–Crippen MR) is 69.2 cm³/mol. The van der Waals surface area contributed by atoms with E-state index in [4.69, 9.17) is 5.26 Å². The first-order chi connectivity index (χ1) is 8.29. The summed E-state index contributed by atoms with van der Waals surface area (Å²) in [6.07, 6.45) is 3.13. The van der Waals surface area contributed by atoms with Crippen molar-refractivity contribution >= 4 is 23.4 Å². The molecule has 0 fully saturated rings. The molecule has 0 spiro atoms. The van der Waals surface area contributed by atoms with Gasteiger partial charge in [-0.15, -0.1) is 11.3 Å². The van der Waals surface area contributed by atoms with Gasteiger partial charge in [0.25, 0.3) is 0 Å². The van der Waals surface area contributed by atoms with Crippen molar-refractivity contribution in [3.63, 3.8) is 0 Å². The maximum Gasteiger partial charge on any atom is 0.182 e. The van der Waals surface area contributed by atoms with Crippen molar-refractivity contribution in [2.24, 2.45) is 4.99 Å². The van der Waals surface area contributed by atoms with Crippen molar-refractivity contribution in [3.8, 4) is 17.5 Å². The van der Waals surface area contributed by atoms with Gasteiger partial charge in [0.2, 0.25) is 0 Å². The summed E-state index contributed by atoms with van der Waals surface area (Å²) in [7, 11) is 0. The van der Waals surface area contributed by atoms with E-state index in [1.165, 1.54) is 6.34 Å². The van der Waals surface area contributed by atoms with E-state index in [1.807, 2.05) is 36.6 Å². The molecule has 17 heavy (non-hydrogen) atoms. The lowest BCUT2D eigenvalue weighted by Crippen LogP contribution is -1.98. The highest BCUT2D eigenvalue weighted by Gasteiger charge is 2.01. The molecule has 4 nitrogen and oxygen atoms in total. The maximum atomic E-state index is 8.28. The molecule has 1 aromatic heterocycles. The summed E-state index contributed by atoms with van der Waals surface area (Å²) in [4.78, 5) is 8.47. The van der Waals surface area contributed by atoms with Crippen molar-refractivity contribution in [1.82, 2.24) is 10.3 Å². The molecule has 0 bridgehead atoms. The number of nitrogens with zero attached hydrogens (tertiary/aromatic N) is 3. The van der Waals surface area contributed by atoms with Gasteiger partial charge in [-0.1, -0.05) is 12.1 Å². The summed E-state index contributed by atoms with van der Waals surface area (Å²) in [6, 6.07) is 7.71. The third-order valence-electron chi connectivity index (χ3n) is 2.12. The third-order valence-corrected chi connectivity index (χ3v) is 2.90. The largest absolute Gasteiger partial charge is 0.283 e. The average molecular weight is 242 g/mol. The predicted octanol–water partition coefficient (Wildman–Crippen LogP) is 2.85. The molecule has 1 heterocycles. The van der Waals surface area contributed by atoms with Crippen LogP contribution < -0.4 is 5.32 Å². The maximum absolute atomic E-state index is 8.28. The Kier molecular flexibility index (Phi) is 3.48. The molecule has 0 aliphatic carbocycles. The van der Waals surface area contributed by atoms with Crippen molar-refractivity contribution in [1.29, 1.82) is 5.26 Å². The molecule has 0 atom stereocenters. The second-order valence-corrected chi connectivity index (χ2v) is 4.38. The molecule has 0 saturated heterocycles. The number of hydrogen-bond acceptors (Lipinski definition) is 4. The Hall–Kier alpha value is -2.19. The summed E-state index contributed by atoms with van der Waals surface area (Å²) in [5, 5.41) is 13.7. The summed E-state index contributed by atoms with van der Waals surface area (Å²) < 4.78 is 0. The number of hydrogen-bond donors (Lipinski definition) is 1. The molecule has 0 amide bonds. The fraction of sp³-hybridized carbons (Fsp3) is 0.0833. The van der Waals surface area contributed by atoms with Crippen LogP contribution in [0.5, 0.6) is 0 Å². The van der Waals surface area contributed by atoms with Crippen molar-refractivity contribution in [2.45, 2.75) is 6.92 Å². The molecule has 0 saturated carbocycles. The van der Waals surface area contributed by atoms with E-state index in [9.17, 15) is 0 Å². The van der Waals surface area contributed by atoms with E-state index in [0.29, 0.717) is 0 Å². The van der Waals surface area contributed by atoms with Gasteiger partial charge in [-0.2, -0.15) is 5.26 Å². The van der Waals surface area contributed by atoms with E-state index in [2.05, 4.69) is 15.3 Å². The van der Waals surface area contributed by atoms with Crippen LogP contribution in [0.2, 0.25) is 0 Å². The third kappa shape index (κ3) is 2.89. The molecule has 2 aromatic rings. The normalized spacial score (nSPS) is 10.4. The Bertz CT molecular complexity index is 563. The number of nitriles is 1. The highest BCUT2D eigenvalue weighted by atomic mass is 32.1. The fourth-order valence-corrected chi connectivity index (χ4v) is 1.97. The summed E-state index contributed by atoms with van der Waals surface area (Å²) in [5.74, 6) is 0. The van der Waals surface area contributed by atoms with Crippen molar-refractivity contribution < 1.29 is 0 Å². The van der Waals surface area contributed by atoms with Crippen LogP contribution in [0.4, 0.5) is 5.69 Å². The number of thiazole rings is 1. The average Bonchev–Trinajstić information content (AvgIpc) is 2.77. The first-order valence-electron chi connectivity index (χ1n) is 4.99. The van der Waals surface area contributed by atoms with Crippen LogP contribution in [0.15, 0.2) is 34.6 Å². The van der Waals surface area contributed by atoms with Gasteiger partial charge in [-0.3, -0.25) is 5.32 Å². The molecule has 0 radical (unpaired) electrons. The first-order valence-corrected chi connectivity index (χ1v) is 5.87. The second kappa shape index (κ2) is 5.23. The lowest BCUT2D eigenvalue weighted by Gasteiger charge is -1.97. The van der Waals surface area contributed by atoms with Crippen molar-refractivity contribution in [2.75, 3.05) is 0 Å². The molecule has 84 valence electrons. The van der Waals surface area contributed by atoms with Gasteiger partial charge >= 0.3 is 0 Å². The minimum absolute atomic E-state index is 0.795. The smallest absolute Gasteiger partial charge is 0.182 e. The van der Waals surface area contributed by atoms with E-state index in [1.54, 1.807) is 17.5 Å². The van der Waals surface area contributed by atoms with Crippen molar-refractivity contribution in [3.05, 3.63) is 34.7 Å². The molecule has 1 N–H and O–H groups in total. The molecule has 0 aliphatic rings. The van der Waals surface area contributed by atoms with Crippen LogP contribution in [-0.4, -0.2) is 11.3 Å². The van der Waals surface area contributed by atoms with Gasteiger partial charge in [0.15, 0.2) is 6.19 Å². The van der Waals surface area contributed by atoms with Gasteiger partial charge in [-0.25, -0.2) is 9.98 Å². The van der Waals surface area contributed by atoms with Gasteiger partial charge in [0, 0.05) is 10.9 Å². The molecular formula is C12H10N4S. The monoisotopic (exact) mass is 242 g/mol. The van der Waals surface area contributed by atoms with Crippen LogP contribution >= 0.6 is 11.3 Å². The van der Waals surface area contributed by atoms with E-state index >= 15 is 0 Å². The van der Waals surface area contributed by atoms with E-state index < -0.39 is 0 Å². The lowest BCUT2D eigenvalue weighted by molar-refractivity contribution is 1.28. The second-order valence-electron chi connectivity index (χ2n) is 3.31. The van der Waals surface area contributed by atoms with Crippen LogP contribution in [0.1, 0.15) is 5.01 Å². The highest BCUT2D eigenvalue weighted by molar-refractivity contribution is 7.09. The van der Waals surface area contributed by atoms with Gasteiger partial charge in [-0.05, 0) is 19.1 Å². The summed E-state index contributed by atoms with van der Waals surface area (Å²) >= 11 is 1.63. The highest BCUT2D eigenvalue weighted by Crippen LogP contribution is 2.23. The van der Waals surface area contributed by atoms with Crippen LogP contribution in [-0.2, 0) is 0 Å². The van der Waals surface area contributed by atoms with Gasteiger partial charge in [0.05, 0.1) is 16.4 Å². The number of rotatable bonds is 3. The number of nitrogens with one attached hydrogen (secondary N) is 1. The molecule has 0 aliphatic heterocycles. The first kappa shape index (κ1) is 11.3. The van der Waals surface area contributed by atoms with Crippen LogP contribution in [0.3, 0.4) is 0 Å². The zero-order valence-corrected chi connectivity index (χ0v) is 10.0. The van der Waals surface area contributed by atoms with Gasteiger partial charge in [0.1, 0.15) is 6.34 Å². The fourth-order valence-electron chi connectivity index (χ4n) is 1.35. The van der Waals surface area contributed by atoms with E-state index in [0.717, 1.165) is 22.0 Å². The number of aryl methyl sites for hydroxylation is 1. The topological polar surface area (TPSA) is 61.1 Å². The minimum atomic E-state index is 0.795. The summed E-state index contributed by atoms with van der Waals surface area (Å²) in [5.41, 5.74) is 2.85. The lowest BCUT2D eigenvalue weighted by atomic mass is 10.1. The Labute approximate surface area is 103 Å².